The van der Waals surface area contributed by atoms with Crippen molar-refractivity contribution in [3.8, 4) is 0 Å². The highest BCUT2D eigenvalue weighted by atomic mass is 35.5. The molecule has 6 nitrogen and oxygen atoms in total. The lowest BCUT2D eigenvalue weighted by Gasteiger charge is -2.33. The van der Waals surface area contributed by atoms with E-state index in [1.54, 1.807) is 12.1 Å². The molecule has 2 aliphatic heterocycles. The molecule has 37 heavy (non-hydrogen) atoms. The Morgan fingerprint density at radius 2 is 1.76 bits per heavy atom. The van der Waals surface area contributed by atoms with Crippen LogP contribution in [0.3, 0.4) is 0 Å². The minimum Gasteiger partial charge on any atom is -0.393 e. The summed E-state index contributed by atoms with van der Waals surface area (Å²) in [5.41, 5.74) is -2.24. The first kappa shape index (κ1) is 25.3. The molecule has 0 aromatic heterocycles. The molecule has 0 radical (unpaired) electrons. The number of nitrogens with zero attached hydrogens (tertiary/aromatic N) is 2. The van der Waals surface area contributed by atoms with Gasteiger partial charge in [0.15, 0.2) is 5.60 Å². The highest BCUT2D eigenvalue weighted by Gasteiger charge is 2.56. The van der Waals surface area contributed by atoms with Crippen molar-refractivity contribution in [3.63, 3.8) is 0 Å². The predicted molar refractivity (Wildman–Crippen MR) is 132 cm³/mol. The second-order valence-corrected chi connectivity index (χ2v) is 9.56. The van der Waals surface area contributed by atoms with Gasteiger partial charge < -0.3 is 20.0 Å². The fraction of sp³-hybridized carbons (Fsp3) is 0.259. The number of amides is 2. The molecule has 10 heteroatoms. The maximum atomic E-state index is 15.3. The van der Waals surface area contributed by atoms with Crippen LogP contribution in [0.1, 0.15) is 38.3 Å². The number of benzene rings is 3. The number of aliphatic hydroxyl groups is 2. The van der Waals surface area contributed by atoms with E-state index in [2.05, 4.69) is 0 Å². The topological polar surface area (TPSA) is 81.1 Å². The molecule has 2 heterocycles. The van der Waals surface area contributed by atoms with Crippen molar-refractivity contribution < 1.29 is 33.0 Å². The van der Waals surface area contributed by atoms with Gasteiger partial charge in [0, 0.05) is 41.2 Å². The van der Waals surface area contributed by atoms with E-state index >= 15 is 4.39 Å². The third-order valence-corrected chi connectivity index (χ3v) is 7.24. The molecule has 2 aliphatic rings. The van der Waals surface area contributed by atoms with E-state index in [9.17, 15) is 28.6 Å². The maximum absolute atomic E-state index is 15.3. The number of anilines is 2. The zero-order valence-electron chi connectivity index (χ0n) is 19.4. The minimum absolute atomic E-state index is 0.000269. The Balaban J connectivity index is 1.50. The molecule has 3 aromatic rings. The molecular formula is C27H22ClF3N2O4. The summed E-state index contributed by atoms with van der Waals surface area (Å²) in [6, 6.07) is 14.4. The summed E-state index contributed by atoms with van der Waals surface area (Å²) in [7, 11) is 0. The normalized spacial score (nSPS) is 20.8. The van der Waals surface area contributed by atoms with Gasteiger partial charge in [-0.3, -0.25) is 9.59 Å². The predicted octanol–water partition coefficient (Wildman–Crippen LogP) is 4.55. The third-order valence-electron chi connectivity index (χ3n) is 7.01. The first-order chi connectivity index (χ1) is 17.6. The second kappa shape index (κ2) is 9.16. The summed E-state index contributed by atoms with van der Waals surface area (Å²) in [5.74, 6) is -5.75. The molecule has 192 valence electrons. The molecule has 0 saturated heterocycles. The van der Waals surface area contributed by atoms with E-state index in [-0.39, 0.29) is 34.4 Å². The molecule has 0 aliphatic carbocycles. The van der Waals surface area contributed by atoms with E-state index in [0.717, 1.165) is 22.6 Å². The van der Waals surface area contributed by atoms with Crippen LogP contribution in [-0.2, 0) is 12.0 Å². The lowest BCUT2D eigenvalue weighted by molar-refractivity contribution is -0.205. The zero-order chi connectivity index (χ0) is 26.5. The fourth-order valence-electron chi connectivity index (χ4n) is 4.93. The lowest BCUT2D eigenvalue weighted by atomic mass is 9.86. The number of carbonyl (C=O) groups excluding carboxylic acids is 2. The van der Waals surface area contributed by atoms with Gasteiger partial charge in [0.1, 0.15) is 5.82 Å². The van der Waals surface area contributed by atoms with Gasteiger partial charge >= 0.3 is 0 Å². The number of hydrogen-bond acceptors (Lipinski definition) is 4. The van der Waals surface area contributed by atoms with Gasteiger partial charge in [0.25, 0.3) is 17.7 Å². The van der Waals surface area contributed by atoms with Crippen LogP contribution in [0.4, 0.5) is 24.5 Å². The Hall–Kier alpha value is -3.40. The van der Waals surface area contributed by atoms with E-state index in [1.165, 1.54) is 29.2 Å². The van der Waals surface area contributed by atoms with Crippen molar-refractivity contribution in [3.05, 3.63) is 93.8 Å². The number of halogens is 4. The summed E-state index contributed by atoms with van der Waals surface area (Å²) in [6.45, 7) is -1.55. The molecule has 3 aromatic carbocycles. The molecule has 0 spiro atoms. The molecule has 0 saturated carbocycles. The van der Waals surface area contributed by atoms with Crippen LogP contribution in [0.15, 0.2) is 60.7 Å². The summed E-state index contributed by atoms with van der Waals surface area (Å²) < 4.78 is 45.1. The number of hydrogen-bond donors (Lipinski definition) is 2. The number of rotatable bonds is 3. The van der Waals surface area contributed by atoms with E-state index in [1.807, 2.05) is 12.1 Å². The van der Waals surface area contributed by atoms with Crippen molar-refractivity contribution in [2.45, 2.75) is 24.4 Å². The van der Waals surface area contributed by atoms with Crippen LogP contribution in [0.2, 0.25) is 5.02 Å². The highest BCUT2D eigenvalue weighted by molar-refractivity contribution is 6.30. The van der Waals surface area contributed by atoms with Gasteiger partial charge in [0.05, 0.1) is 18.0 Å². The van der Waals surface area contributed by atoms with Crippen molar-refractivity contribution in [2.24, 2.45) is 0 Å². The molecular weight excluding hydrogens is 509 g/mol. The van der Waals surface area contributed by atoms with Crippen molar-refractivity contribution in [1.82, 2.24) is 0 Å². The molecule has 0 bridgehead atoms. The fourth-order valence-corrected chi connectivity index (χ4v) is 5.11. The van der Waals surface area contributed by atoms with Gasteiger partial charge in [-0.1, -0.05) is 29.8 Å². The Morgan fingerprint density at radius 1 is 1.03 bits per heavy atom. The summed E-state index contributed by atoms with van der Waals surface area (Å²) in [6.07, 6.45) is -0.415. The van der Waals surface area contributed by atoms with Crippen LogP contribution in [0.5, 0.6) is 0 Å². The van der Waals surface area contributed by atoms with Gasteiger partial charge in [-0.2, -0.15) is 0 Å². The van der Waals surface area contributed by atoms with Crippen LogP contribution in [0.25, 0.3) is 0 Å². The Bertz CT molecular complexity index is 1420. The SMILES string of the molecule is O=C1c2ccccc2CCN1c1ccc(C(=O)N2CCC(F)(F)[C@](O)(CO)c3cc(Cl)ccc32)cc1F. The molecule has 0 fully saturated rings. The Kier molecular flexibility index (Phi) is 6.26. The van der Waals surface area contributed by atoms with Crippen LogP contribution in [0, 0.1) is 5.82 Å². The van der Waals surface area contributed by atoms with Crippen LogP contribution in [-0.4, -0.2) is 47.6 Å². The first-order valence-electron chi connectivity index (χ1n) is 11.6. The average Bonchev–Trinajstić information content (AvgIpc) is 2.97. The van der Waals surface area contributed by atoms with Crippen molar-refractivity contribution in [1.29, 1.82) is 0 Å². The molecule has 0 unspecified atom stereocenters. The molecule has 5 rings (SSSR count). The van der Waals surface area contributed by atoms with Gasteiger partial charge in [-0.15, -0.1) is 0 Å². The average molecular weight is 531 g/mol. The highest BCUT2D eigenvalue weighted by Crippen LogP contribution is 2.47. The number of aliphatic hydroxyl groups excluding tert-OH is 1. The minimum atomic E-state index is -3.78. The van der Waals surface area contributed by atoms with E-state index in [0.29, 0.717) is 12.0 Å². The Labute approximate surface area is 215 Å². The third kappa shape index (κ3) is 4.07. The zero-order valence-corrected chi connectivity index (χ0v) is 20.2. The quantitative estimate of drug-likeness (QED) is 0.521. The smallest absolute Gasteiger partial charge is 0.284 e. The summed E-state index contributed by atoms with van der Waals surface area (Å²) >= 11 is 5.98. The Morgan fingerprint density at radius 3 is 2.49 bits per heavy atom. The standard InChI is InChI=1S/C27H22ClF3N2O4/c28-18-6-8-22-20(14-18)26(37,15-34)27(30,31)10-12-33(22)24(35)17-5-7-23(21(29)13-17)32-11-9-16-3-1-2-4-19(16)25(32)36/h1-8,13-14,34,37H,9-12,15H2/t26-/m0/s1. The van der Waals surface area contributed by atoms with Crippen LogP contribution < -0.4 is 9.80 Å². The lowest BCUT2D eigenvalue weighted by Crippen LogP contribution is -2.48. The van der Waals surface area contributed by atoms with Crippen molar-refractivity contribution >= 4 is 34.8 Å². The monoisotopic (exact) mass is 530 g/mol. The summed E-state index contributed by atoms with van der Waals surface area (Å²) in [5, 5.41) is 20.5. The molecule has 1 atom stereocenters. The van der Waals surface area contributed by atoms with Crippen molar-refractivity contribution in [2.75, 3.05) is 29.5 Å². The molecule has 2 N–H and O–H groups in total. The van der Waals surface area contributed by atoms with Gasteiger partial charge in [-0.25, -0.2) is 13.2 Å². The van der Waals surface area contributed by atoms with E-state index in [4.69, 9.17) is 11.6 Å². The maximum Gasteiger partial charge on any atom is 0.284 e. The van der Waals surface area contributed by atoms with E-state index < -0.39 is 48.4 Å². The number of fused-ring (bicyclic) bond motifs is 2. The number of carbonyl (C=O) groups is 2. The number of alkyl halides is 2. The van der Waals surface area contributed by atoms with Crippen LogP contribution >= 0.6 is 11.6 Å². The summed E-state index contributed by atoms with van der Waals surface area (Å²) in [4.78, 5) is 28.7. The van der Waals surface area contributed by atoms with Gasteiger partial charge in [-0.05, 0) is 54.4 Å². The molecule has 2 amide bonds. The largest absolute Gasteiger partial charge is 0.393 e. The second-order valence-electron chi connectivity index (χ2n) is 9.12. The first-order valence-corrected chi connectivity index (χ1v) is 12.0. The van der Waals surface area contributed by atoms with Gasteiger partial charge in [0.2, 0.25) is 0 Å².